The van der Waals surface area contributed by atoms with Crippen LogP contribution in [0.15, 0.2) is 14.1 Å². The Balaban J connectivity index is 2.66. The van der Waals surface area contributed by atoms with Crippen LogP contribution in [0.3, 0.4) is 0 Å². The van der Waals surface area contributed by atoms with Crippen LogP contribution in [-0.4, -0.2) is 19.8 Å². The van der Waals surface area contributed by atoms with E-state index in [0.29, 0.717) is 15.4 Å². The molecule has 110 valence electrons. The summed E-state index contributed by atoms with van der Waals surface area (Å²) >= 11 is 13.7. The fourth-order valence-corrected chi connectivity index (χ4v) is 6.34. The molecule has 0 aliphatic rings. The van der Waals surface area contributed by atoms with Gasteiger partial charge in [0.1, 0.15) is 4.21 Å². The normalized spacial score (nSPS) is 14.6. The van der Waals surface area contributed by atoms with Crippen LogP contribution >= 0.6 is 54.8 Å². The summed E-state index contributed by atoms with van der Waals surface area (Å²) in [4.78, 5) is 0.0983. The molecule has 1 rings (SSSR count). The summed E-state index contributed by atoms with van der Waals surface area (Å²) < 4.78 is 27.6. The summed E-state index contributed by atoms with van der Waals surface area (Å²) in [6, 6.07) is 1.45. The Labute approximate surface area is 140 Å². The highest BCUT2D eigenvalue weighted by atomic mass is 79.9. The third kappa shape index (κ3) is 6.01. The molecule has 1 unspecified atom stereocenters. The van der Waals surface area contributed by atoms with Gasteiger partial charge in [-0.15, -0.1) is 11.3 Å². The number of sulfonamides is 1. The topological polar surface area (TPSA) is 46.2 Å². The van der Waals surface area contributed by atoms with Crippen LogP contribution in [0.4, 0.5) is 0 Å². The first kappa shape index (κ1) is 17.9. The van der Waals surface area contributed by atoms with Crippen LogP contribution < -0.4 is 4.72 Å². The SMILES string of the molecule is CC(C)(C)CC(Br)CNS(=O)(=O)c1cc(Cl)c(Br)s1. The number of nitrogens with one attached hydrogen (secondary N) is 1. The van der Waals surface area contributed by atoms with Crippen LogP contribution in [0.1, 0.15) is 27.2 Å². The predicted molar refractivity (Wildman–Crippen MR) is 89.0 cm³/mol. The molecular formula is C11H16Br2ClNO2S2. The van der Waals surface area contributed by atoms with Gasteiger partial charge in [-0.25, -0.2) is 13.1 Å². The third-order valence-corrected chi connectivity index (χ3v) is 7.24. The number of thiophene rings is 1. The van der Waals surface area contributed by atoms with Crippen molar-refractivity contribution in [3.05, 3.63) is 14.9 Å². The molecule has 1 aromatic heterocycles. The Hall–Kier alpha value is 0.860. The molecule has 19 heavy (non-hydrogen) atoms. The summed E-state index contributed by atoms with van der Waals surface area (Å²) in [5, 5.41) is 0.412. The highest BCUT2D eigenvalue weighted by Gasteiger charge is 2.22. The minimum absolute atomic E-state index is 0.0983. The second-order valence-corrected chi connectivity index (χ2v) is 11.5. The van der Waals surface area contributed by atoms with E-state index in [2.05, 4.69) is 57.4 Å². The molecule has 0 spiro atoms. The average molecular weight is 454 g/mol. The summed E-state index contributed by atoms with van der Waals surface area (Å²) in [6.45, 7) is 6.70. The van der Waals surface area contributed by atoms with Crippen LogP contribution in [0, 0.1) is 5.41 Å². The molecule has 1 aromatic rings. The highest BCUT2D eigenvalue weighted by Crippen LogP contribution is 2.34. The fourth-order valence-electron chi connectivity index (χ4n) is 1.47. The third-order valence-electron chi connectivity index (χ3n) is 2.22. The molecule has 0 bridgehead atoms. The minimum Gasteiger partial charge on any atom is -0.209 e. The summed E-state index contributed by atoms with van der Waals surface area (Å²) in [7, 11) is -3.49. The Morgan fingerprint density at radius 3 is 2.47 bits per heavy atom. The molecule has 0 fully saturated rings. The molecule has 0 amide bonds. The molecule has 8 heteroatoms. The lowest BCUT2D eigenvalue weighted by atomic mass is 9.91. The van der Waals surface area contributed by atoms with Gasteiger partial charge in [-0.2, -0.15) is 0 Å². The molecule has 0 aliphatic carbocycles. The lowest BCUT2D eigenvalue weighted by Gasteiger charge is -2.22. The second kappa shape index (κ2) is 6.75. The molecule has 0 saturated heterocycles. The summed E-state index contributed by atoms with van der Waals surface area (Å²) in [5.41, 5.74) is 0.148. The standard InChI is InChI=1S/C11H16Br2ClNO2S2/c1-11(2,3)5-7(12)6-15-19(16,17)9-4-8(14)10(13)18-9/h4,7,15H,5-6H2,1-3H3. The molecule has 1 heterocycles. The fraction of sp³-hybridized carbons (Fsp3) is 0.636. The molecule has 0 aliphatic heterocycles. The monoisotopic (exact) mass is 451 g/mol. The van der Waals surface area contributed by atoms with Crippen molar-refractivity contribution in [3.8, 4) is 0 Å². The molecule has 0 aromatic carbocycles. The molecule has 0 radical (unpaired) electrons. The maximum Gasteiger partial charge on any atom is 0.250 e. The zero-order valence-electron chi connectivity index (χ0n) is 10.8. The molecule has 0 saturated carbocycles. The van der Waals surface area contributed by atoms with Crippen molar-refractivity contribution in [2.75, 3.05) is 6.54 Å². The van der Waals surface area contributed by atoms with Gasteiger partial charge in [-0.05, 0) is 33.8 Å². The first-order valence-corrected chi connectivity index (χ1v) is 9.98. The van der Waals surface area contributed by atoms with Gasteiger partial charge in [0.25, 0.3) is 0 Å². The van der Waals surface area contributed by atoms with E-state index >= 15 is 0 Å². The maximum atomic E-state index is 12.1. The maximum absolute atomic E-state index is 12.1. The van der Waals surface area contributed by atoms with E-state index in [0.717, 1.165) is 17.8 Å². The minimum atomic E-state index is -3.49. The smallest absolute Gasteiger partial charge is 0.209 e. The van der Waals surface area contributed by atoms with Gasteiger partial charge >= 0.3 is 0 Å². The van der Waals surface area contributed by atoms with Gasteiger partial charge < -0.3 is 0 Å². The van der Waals surface area contributed by atoms with E-state index in [9.17, 15) is 8.42 Å². The van der Waals surface area contributed by atoms with Crippen LogP contribution in [0.5, 0.6) is 0 Å². The number of hydrogen-bond donors (Lipinski definition) is 1. The lowest BCUT2D eigenvalue weighted by Crippen LogP contribution is -2.31. The first-order chi connectivity index (χ1) is 8.51. The van der Waals surface area contributed by atoms with Crippen molar-refractivity contribution in [1.82, 2.24) is 4.72 Å². The largest absolute Gasteiger partial charge is 0.250 e. The van der Waals surface area contributed by atoms with E-state index in [4.69, 9.17) is 11.6 Å². The second-order valence-electron chi connectivity index (χ2n) is 5.40. The van der Waals surface area contributed by atoms with E-state index < -0.39 is 10.0 Å². The summed E-state index contributed by atoms with van der Waals surface area (Å²) in [5.74, 6) is 0. The Kier molecular flexibility index (Phi) is 6.36. The summed E-state index contributed by atoms with van der Waals surface area (Å²) in [6.07, 6.45) is 0.879. The Bertz CT molecular complexity index is 518. The first-order valence-electron chi connectivity index (χ1n) is 5.60. The van der Waals surface area contributed by atoms with Crippen molar-refractivity contribution in [2.24, 2.45) is 5.41 Å². The number of alkyl halides is 1. The zero-order valence-corrected chi connectivity index (χ0v) is 16.4. The van der Waals surface area contributed by atoms with Crippen molar-refractivity contribution in [2.45, 2.75) is 36.2 Å². The van der Waals surface area contributed by atoms with Crippen molar-refractivity contribution in [3.63, 3.8) is 0 Å². The van der Waals surface area contributed by atoms with Crippen molar-refractivity contribution >= 4 is 64.8 Å². The number of halogens is 3. The van der Waals surface area contributed by atoms with E-state index in [1.165, 1.54) is 6.07 Å². The van der Waals surface area contributed by atoms with Crippen molar-refractivity contribution < 1.29 is 8.42 Å². The highest BCUT2D eigenvalue weighted by molar-refractivity contribution is 9.11. The van der Waals surface area contributed by atoms with Crippen LogP contribution in [0.2, 0.25) is 5.02 Å². The molecule has 1 atom stereocenters. The average Bonchev–Trinajstić information content (AvgIpc) is 2.55. The molecule has 3 nitrogen and oxygen atoms in total. The number of hydrogen-bond acceptors (Lipinski definition) is 3. The molecule has 1 N–H and O–H groups in total. The van der Waals surface area contributed by atoms with Gasteiger partial charge in [-0.3, -0.25) is 0 Å². The predicted octanol–water partition coefficient (Wildman–Crippen LogP) is 4.64. The van der Waals surface area contributed by atoms with Gasteiger partial charge in [0.05, 0.1) is 8.81 Å². The number of rotatable bonds is 5. The Morgan fingerprint density at radius 2 is 2.05 bits per heavy atom. The quantitative estimate of drug-likeness (QED) is 0.660. The van der Waals surface area contributed by atoms with Crippen LogP contribution in [0.25, 0.3) is 0 Å². The van der Waals surface area contributed by atoms with E-state index in [-0.39, 0.29) is 14.5 Å². The van der Waals surface area contributed by atoms with Crippen molar-refractivity contribution in [1.29, 1.82) is 0 Å². The van der Waals surface area contributed by atoms with Gasteiger partial charge in [0.15, 0.2) is 0 Å². The molecular weight excluding hydrogens is 438 g/mol. The lowest BCUT2D eigenvalue weighted by molar-refractivity contribution is 0.373. The van der Waals surface area contributed by atoms with Gasteiger partial charge in [-0.1, -0.05) is 48.3 Å². The van der Waals surface area contributed by atoms with E-state index in [1.807, 2.05) is 0 Å². The van der Waals surface area contributed by atoms with Gasteiger partial charge in [0, 0.05) is 11.4 Å². The van der Waals surface area contributed by atoms with Crippen LogP contribution in [-0.2, 0) is 10.0 Å². The Morgan fingerprint density at radius 1 is 1.47 bits per heavy atom. The zero-order chi connectivity index (χ0) is 14.8. The van der Waals surface area contributed by atoms with Gasteiger partial charge in [0.2, 0.25) is 10.0 Å². The van der Waals surface area contributed by atoms with E-state index in [1.54, 1.807) is 0 Å².